The summed E-state index contributed by atoms with van der Waals surface area (Å²) in [5.74, 6) is 0. The van der Waals surface area contributed by atoms with Crippen LogP contribution in [0.15, 0.2) is 24.3 Å². The van der Waals surface area contributed by atoms with E-state index >= 15 is 0 Å². The number of aliphatic hydroxyl groups is 1. The molecule has 0 amide bonds. The molecule has 0 bridgehead atoms. The SMILES string of the molecule is Cc1cccc([C@H](O)C[C@@H](N)C(C)(C)C)c1. The van der Waals surface area contributed by atoms with Crippen molar-refractivity contribution in [3.63, 3.8) is 0 Å². The second-order valence-corrected chi connectivity index (χ2v) is 5.64. The summed E-state index contributed by atoms with van der Waals surface area (Å²) in [6.07, 6.45) is 0.140. The molecule has 0 saturated heterocycles. The Kier molecular flexibility index (Phi) is 4.11. The van der Waals surface area contributed by atoms with E-state index in [1.807, 2.05) is 31.2 Å². The molecule has 0 spiro atoms. The first-order valence-electron chi connectivity index (χ1n) is 5.81. The minimum Gasteiger partial charge on any atom is -0.388 e. The third kappa shape index (κ3) is 3.62. The van der Waals surface area contributed by atoms with E-state index in [4.69, 9.17) is 5.73 Å². The largest absolute Gasteiger partial charge is 0.388 e. The molecule has 2 heteroatoms. The van der Waals surface area contributed by atoms with Crippen LogP contribution in [0, 0.1) is 12.3 Å². The topological polar surface area (TPSA) is 46.2 Å². The van der Waals surface area contributed by atoms with Crippen LogP contribution in [-0.2, 0) is 0 Å². The highest BCUT2D eigenvalue weighted by atomic mass is 16.3. The van der Waals surface area contributed by atoms with Crippen LogP contribution in [0.25, 0.3) is 0 Å². The molecule has 1 rings (SSSR count). The second kappa shape index (κ2) is 4.98. The molecule has 0 radical (unpaired) electrons. The number of hydrogen-bond acceptors (Lipinski definition) is 2. The Morgan fingerprint density at radius 2 is 1.94 bits per heavy atom. The van der Waals surface area contributed by atoms with Gasteiger partial charge in [-0.15, -0.1) is 0 Å². The van der Waals surface area contributed by atoms with Crippen LogP contribution in [0.3, 0.4) is 0 Å². The van der Waals surface area contributed by atoms with Gasteiger partial charge in [-0.3, -0.25) is 0 Å². The minimum absolute atomic E-state index is 0.00279. The van der Waals surface area contributed by atoms with Gasteiger partial charge in [-0.05, 0) is 24.3 Å². The molecule has 90 valence electrons. The number of nitrogens with two attached hydrogens (primary N) is 1. The molecule has 0 unspecified atom stereocenters. The van der Waals surface area contributed by atoms with Crippen LogP contribution >= 0.6 is 0 Å². The molecule has 0 aliphatic heterocycles. The zero-order valence-corrected chi connectivity index (χ0v) is 10.7. The van der Waals surface area contributed by atoms with Crippen molar-refractivity contribution in [2.24, 2.45) is 11.1 Å². The first kappa shape index (κ1) is 13.2. The highest BCUT2D eigenvalue weighted by Gasteiger charge is 2.23. The molecular formula is C14H23NO. The summed E-state index contributed by atoms with van der Waals surface area (Å²) in [4.78, 5) is 0. The van der Waals surface area contributed by atoms with Crippen molar-refractivity contribution in [1.82, 2.24) is 0 Å². The van der Waals surface area contributed by atoms with Gasteiger partial charge in [-0.1, -0.05) is 50.6 Å². The first-order valence-corrected chi connectivity index (χ1v) is 5.81. The quantitative estimate of drug-likeness (QED) is 0.824. The maximum Gasteiger partial charge on any atom is 0.0805 e. The fourth-order valence-corrected chi connectivity index (χ4v) is 1.61. The van der Waals surface area contributed by atoms with Crippen LogP contribution in [0.1, 0.15) is 44.4 Å². The summed E-state index contributed by atoms with van der Waals surface area (Å²) in [5, 5.41) is 10.1. The molecule has 2 nitrogen and oxygen atoms in total. The lowest BCUT2D eigenvalue weighted by atomic mass is 9.83. The van der Waals surface area contributed by atoms with Crippen molar-refractivity contribution in [2.45, 2.75) is 46.3 Å². The van der Waals surface area contributed by atoms with Gasteiger partial charge in [-0.25, -0.2) is 0 Å². The lowest BCUT2D eigenvalue weighted by Gasteiger charge is -2.29. The summed E-state index contributed by atoms with van der Waals surface area (Å²) < 4.78 is 0. The molecule has 1 aromatic carbocycles. The van der Waals surface area contributed by atoms with Crippen molar-refractivity contribution in [3.05, 3.63) is 35.4 Å². The fraction of sp³-hybridized carbons (Fsp3) is 0.571. The van der Waals surface area contributed by atoms with Crippen molar-refractivity contribution in [2.75, 3.05) is 0 Å². The van der Waals surface area contributed by atoms with E-state index in [-0.39, 0.29) is 11.5 Å². The zero-order chi connectivity index (χ0) is 12.3. The van der Waals surface area contributed by atoms with E-state index in [0.29, 0.717) is 6.42 Å². The van der Waals surface area contributed by atoms with Gasteiger partial charge in [0.15, 0.2) is 0 Å². The highest BCUT2D eigenvalue weighted by Crippen LogP contribution is 2.26. The molecule has 2 atom stereocenters. The maximum atomic E-state index is 10.1. The third-order valence-electron chi connectivity index (χ3n) is 3.02. The van der Waals surface area contributed by atoms with Gasteiger partial charge in [0.1, 0.15) is 0 Å². The number of rotatable bonds is 3. The molecule has 16 heavy (non-hydrogen) atoms. The predicted molar refractivity (Wildman–Crippen MR) is 68.2 cm³/mol. The molecule has 0 fully saturated rings. The molecule has 0 saturated carbocycles. The summed E-state index contributed by atoms with van der Waals surface area (Å²) in [5.41, 5.74) is 8.23. The number of aliphatic hydroxyl groups excluding tert-OH is 1. The van der Waals surface area contributed by atoms with Gasteiger partial charge in [0.2, 0.25) is 0 Å². The lowest BCUT2D eigenvalue weighted by molar-refractivity contribution is 0.133. The Balaban J connectivity index is 2.69. The number of benzene rings is 1. The summed E-state index contributed by atoms with van der Waals surface area (Å²) >= 11 is 0. The molecule has 1 aromatic rings. The van der Waals surface area contributed by atoms with Gasteiger partial charge in [0.05, 0.1) is 6.10 Å². The van der Waals surface area contributed by atoms with Crippen LogP contribution in [0.2, 0.25) is 0 Å². The summed E-state index contributed by atoms with van der Waals surface area (Å²) in [6, 6.07) is 7.96. The number of aryl methyl sites for hydroxylation is 1. The standard InChI is InChI=1S/C14H23NO/c1-10-6-5-7-11(8-10)12(16)9-13(15)14(2,3)4/h5-8,12-13,16H,9,15H2,1-4H3/t12-,13-/m1/s1. The number of hydrogen-bond donors (Lipinski definition) is 2. The molecule has 0 aliphatic rings. The van der Waals surface area contributed by atoms with Gasteiger partial charge in [-0.2, -0.15) is 0 Å². The third-order valence-corrected chi connectivity index (χ3v) is 3.02. The van der Waals surface area contributed by atoms with E-state index in [9.17, 15) is 5.11 Å². The van der Waals surface area contributed by atoms with Gasteiger partial charge < -0.3 is 10.8 Å². The highest BCUT2D eigenvalue weighted by molar-refractivity contribution is 5.24. The first-order chi connectivity index (χ1) is 7.30. The fourth-order valence-electron chi connectivity index (χ4n) is 1.61. The van der Waals surface area contributed by atoms with Crippen LogP contribution < -0.4 is 5.73 Å². The van der Waals surface area contributed by atoms with Crippen molar-refractivity contribution in [1.29, 1.82) is 0 Å². The summed E-state index contributed by atoms with van der Waals surface area (Å²) in [7, 11) is 0. The van der Waals surface area contributed by atoms with Crippen molar-refractivity contribution >= 4 is 0 Å². The van der Waals surface area contributed by atoms with Gasteiger partial charge in [0, 0.05) is 6.04 Å². The van der Waals surface area contributed by atoms with Gasteiger partial charge in [0.25, 0.3) is 0 Å². The van der Waals surface area contributed by atoms with Crippen LogP contribution in [-0.4, -0.2) is 11.1 Å². The normalized spacial score (nSPS) is 15.9. The molecule has 0 aliphatic carbocycles. The lowest BCUT2D eigenvalue weighted by Crippen LogP contribution is -2.36. The molecule has 0 aromatic heterocycles. The maximum absolute atomic E-state index is 10.1. The smallest absolute Gasteiger partial charge is 0.0805 e. The average Bonchev–Trinajstić information content (AvgIpc) is 2.16. The monoisotopic (exact) mass is 221 g/mol. The Bertz CT molecular complexity index is 341. The molecule has 3 N–H and O–H groups in total. The van der Waals surface area contributed by atoms with E-state index in [1.54, 1.807) is 0 Å². The second-order valence-electron chi connectivity index (χ2n) is 5.64. The van der Waals surface area contributed by atoms with E-state index < -0.39 is 6.10 Å². The van der Waals surface area contributed by atoms with Crippen molar-refractivity contribution in [3.8, 4) is 0 Å². The van der Waals surface area contributed by atoms with Crippen LogP contribution in [0.4, 0.5) is 0 Å². The van der Waals surface area contributed by atoms with E-state index in [1.165, 1.54) is 5.56 Å². The Morgan fingerprint density at radius 3 is 2.44 bits per heavy atom. The molecule has 0 heterocycles. The van der Waals surface area contributed by atoms with Gasteiger partial charge >= 0.3 is 0 Å². The molecular weight excluding hydrogens is 198 g/mol. The average molecular weight is 221 g/mol. The van der Waals surface area contributed by atoms with E-state index in [2.05, 4.69) is 20.8 Å². The van der Waals surface area contributed by atoms with E-state index in [0.717, 1.165) is 5.56 Å². The summed E-state index contributed by atoms with van der Waals surface area (Å²) in [6.45, 7) is 8.32. The predicted octanol–water partition coefficient (Wildman–Crippen LogP) is 2.79. The van der Waals surface area contributed by atoms with Crippen molar-refractivity contribution < 1.29 is 5.11 Å². The Morgan fingerprint density at radius 1 is 1.31 bits per heavy atom. The minimum atomic E-state index is -0.464. The Labute approximate surface area is 98.5 Å². The van der Waals surface area contributed by atoms with Crippen LogP contribution in [0.5, 0.6) is 0 Å². The Hall–Kier alpha value is -0.860. The zero-order valence-electron chi connectivity index (χ0n) is 10.7.